The van der Waals surface area contributed by atoms with E-state index < -0.39 is 0 Å². The summed E-state index contributed by atoms with van der Waals surface area (Å²) in [6.45, 7) is 0. The van der Waals surface area contributed by atoms with Gasteiger partial charge in [0.1, 0.15) is 19.5 Å². The molecule has 1 unspecified atom stereocenters. The summed E-state index contributed by atoms with van der Waals surface area (Å²) in [4.78, 5) is 0. The van der Waals surface area contributed by atoms with Gasteiger partial charge < -0.3 is 0 Å². The van der Waals surface area contributed by atoms with Gasteiger partial charge in [-0.25, -0.2) is 0 Å². The van der Waals surface area contributed by atoms with E-state index in [1.54, 1.807) is 0 Å². The van der Waals surface area contributed by atoms with Crippen LogP contribution in [0.25, 0.3) is 32.7 Å². The maximum atomic E-state index is 2.58. The zero-order valence-corrected chi connectivity index (χ0v) is 16.4. The van der Waals surface area contributed by atoms with Crippen molar-refractivity contribution >= 4 is 34.9 Å². The smallest absolute Gasteiger partial charge is 0.0617 e. The zero-order chi connectivity index (χ0) is 18.5. The third-order valence-electron chi connectivity index (χ3n) is 6.00. The van der Waals surface area contributed by atoms with Gasteiger partial charge in [-0.1, -0.05) is 78.9 Å². The molecular formula is C27H20P+. The molecule has 0 spiro atoms. The van der Waals surface area contributed by atoms with Crippen LogP contribution in [0, 0.1) is 0 Å². The highest BCUT2D eigenvalue weighted by atomic mass is 31.1. The van der Waals surface area contributed by atoms with Gasteiger partial charge in [0.15, 0.2) is 5.66 Å². The van der Waals surface area contributed by atoms with E-state index in [1.165, 1.54) is 43.8 Å². The monoisotopic (exact) mass is 375 g/mol. The molecule has 0 amide bonds. The Balaban J connectivity index is 1.76. The van der Waals surface area contributed by atoms with Gasteiger partial charge in [-0.2, -0.15) is 0 Å². The molecule has 1 aliphatic heterocycles. The van der Waals surface area contributed by atoms with Crippen LogP contribution in [0.1, 0.15) is 11.1 Å². The van der Waals surface area contributed by atoms with Gasteiger partial charge in [-0.3, -0.25) is 0 Å². The second kappa shape index (κ2) is 6.30. The summed E-state index contributed by atoms with van der Waals surface area (Å²) in [6, 6.07) is 27.0. The van der Waals surface area contributed by atoms with Gasteiger partial charge in [-0.05, 0) is 45.3 Å². The molecule has 1 aliphatic carbocycles. The molecule has 28 heavy (non-hydrogen) atoms. The van der Waals surface area contributed by atoms with Crippen LogP contribution in [0.15, 0.2) is 97.1 Å². The average molecular weight is 375 g/mol. The first kappa shape index (κ1) is 16.0. The van der Waals surface area contributed by atoms with Crippen molar-refractivity contribution < 1.29 is 0 Å². The molecule has 2 aliphatic rings. The Morgan fingerprint density at radius 3 is 2.04 bits per heavy atom. The van der Waals surface area contributed by atoms with Crippen LogP contribution >= 0.6 is 7.55 Å². The van der Waals surface area contributed by atoms with Crippen LogP contribution in [0.5, 0.6) is 0 Å². The standard InChI is InChI=1S/C27H20P/c1-5-11-24-19(7-1)13-15-21-17-28(23-9-3-4-10-23)18-22-16-14-20-8-2-6-12-25(20)27(22)26(21)24/h1-17,23H,18H2/q+1. The summed E-state index contributed by atoms with van der Waals surface area (Å²) in [5.41, 5.74) is 6.29. The molecule has 0 nitrogen and oxygen atoms in total. The first-order chi connectivity index (χ1) is 13.9. The molecule has 0 saturated heterocycles. The van der Waals surface area contributed by atoms with Crippen molar-refractivity contribution in [2.45, 2.75) is 11.8 Å². The lowest BCUT2D eigenvalue weighted by atomic mass is 9.88. The van der Waals surface area contributed by atoms with Crippen LogP contribution in [-0.4, -0.2) is 11.5 Å². The quantitative estimate of drug-likeness (QED) is 0.306. The van der Waals surface area contributed by atoms with Crippen molar-refractivity contribution in [2.75, 3.05) is 0 Å². The summed E-state index contributed by atoms with van der Waals surface area (Å²) in [6.07, 6.45) is 10.3. The number of hydrogen-bond acceptors (Lipinski definition) is 0. The molecule has 0 radical (unpaired) electrons. The number of fused-ring (bicyclic) bond motifs is 7. The molecule has 1 heterocycles. The van der Waals surface area contributed by atoms with Gasteiger partial charge >= 0.3 is 0 Å². The zero-order valence-electron chi connectivity index (χ0n) is 15.5. The van der Waals surface area contributed by atoms with Gasteiger partial charge in [-0.15, -0.1) is 0 Å². The second-order valence-corrected chi connectivity index (χ2v) is 9.83. The number of benzene rings is 4. The average Bonchev–Trinajstić information content (AvgIpc) is 3.22. The Bertz CT molecular complexity index is 1330. The Labute approximate surface area is 166 Å². The number of allylic oxidation sites excluding steroid dienone is 4. The van der Waals surface area contributed by atoms with Crippen molar-refractivity contribution in [1.82, 2.24) is 0 Å². The Morgan fingerprint density at radius 1 is 0.643 bits per heavy atom. The molecule has 1 atom stereocenters. The Morgan fingerprint density at radius 2 is 1.29 bits per heavy atom. The van der Waals surface area contributed by atoms with E-state index in [1.807, 2.05) is 0 Å². The topological polar surface area (TPSA) is 0 Å². The number of rotatable bonds is 1. The fourth-order valence-electron chi connectivity index (χ4n) is 4.67. The van der Waals surface area contributed by atoms with Crippen molar-refractivity contribution in [2.24, 2.45) is 0 Å². The van der Waals surface area contributed by atoms with Crippen molar-refractivity contribution in [1.29, 1.82) is 0 Å². The summed E-state index contributed by atoms with van der Waals surface area (Å²) < 4.78 is 0. The maximum absolute atomic E-state index is 2.58. The molecule has 4 aromatic carbocycles. The van der Waals surface area contributed by atoms with E-state index in [9.17, 15) is 0 Å². The molecule has 132 valence electrons. The maximum Gasteiger partial charge on any atom is 0.153 e. The normalized spacial score (nSPS) is 16.8. The van der Waals surface area contributed by atoms with Gasteiger partial charge in [0.2, 0.25) is 0 Å². The third-order valence-corrected chi connectivity index (χ3v) is 8.42. The number of hydrogen-bond donors (Lipinski definition) is 0. The third kappa shape index (κ3) is 2.42. The van der Waals surface area contributed by atoms with Gasteiger partial charge in [0, 0.05) is 16.7 Å². The van der Waals surface area contributed by atoms with Crippen LogP contribution in [0.4, 0.5) is 0 Å². The molecule has 0 fully saturated rings. The molecule has 1 heteroatoms. The van der Waals surface area contributed by atoms with E-state index in [-0.39, 0.29) is 7.55 Å². The van der Waals surface area contributed by atoms with Crippen LogP contribution in [0.2, 0.25) is 0 Å². The lowest BCUT2D eigenvalue weighted by Gasteiger charge is -2.14. The molecular weight excluding hydrogens is 355 g/mol. The Hall–Kier alpha value is -2.95. The summed E-state index contributed by atoms with van der Waals surface area (Å²) in [5.74, 6) is 2.58. The molecule has 0 N–H and O–H groups in total. The van der Waals surface area contributed by atoms with E-state index in [0.717, 1.165) is 6.16 Å². The van der Waals surface area contributed by atoms with Crippen molar-refractivity contribution in [3.63, 3.8) is 0 Å². The van der Waals surface area contributed by atoms with Gasteiger partial charge in [0.25, 0.3) is 0 Å². The Kier molecular flexibility index (Phi) is 3.61. The van der Waals surface area contributed by atoms with E-state index in [4.69, 9.17) is 0 Å². The molecule has 0 saturated carbocycles. The highest BCUT2D eigenvalue weighted by Gasteiger charge is 2.29. The first-order valence-corrected chi connectivity index (χ1v) is 11.5. The minimum absolute atomic E-state index is 0.282. The predicted octanol–water partition coefficient (Wildman–Crippen LogP) is 7.30. The van der Waals surface area contributed by atoms with E-state index in [2.05, 4.69) is 103 Å². The fraction of sp³-hybridized carbons (Fsp3) is 0.0741. The summed E-state index contributed by atoms with van der Waals surface area (Å²) >= 11 is 0. The van der Waals surface area contributed by atoms with E-state index in [0.29, 0.717) is 5.66 Å². The van der Waals surface area contributed by atoms with Gasteiger partial charge in [0.05, 0.1) is 0 Å². The predicted molar refractivity (Wildman–Crippen MR) is 125 cm³/mol. The molecule has 4 aromatic rings. The minimum Gasteiger partial charge on any atom is -0.0617 e. The van der Waals surface area contributed by atoms with Crippen LogP contribution < -0.4 is 0 Å². The fourth-order valence-corrected chi connectivity index (χ4v) is 7.02. The molecule has 6 rings (SSSR count). The van der Waals surface area contributed by atoms with Crippen molar-refractivity contribution in [3.8, 4) is 11.1 Å². The highest BCUT2D eigenvalue weighted by Crippen LogP contribution is 2.48. The summed E-state index contributed by atoms with van der Waals surface area (Å²) in [5, 5.41) is 5.39. The first-order valence-electron chi connectivity index (χ1n) is 9.87. The second-order valence-electron chi connectivity index (χ2n) is 7.63. The SMILES string of the molecule is C1=CC([P+]2=Cc3ccc4ccccc4c3-c3c(ccc4ccccc34)C2)C=C1. The minimum atomic E-state index is -0.282. The largest absolute Gasteiger partial charge is 0.153 e. The molecule has 0 bridgehead atoms. The lowest BCUT2D eigenvalue weighted by Crippen LogP contribution is -1.94. The van der Waals surface area contributed by atoms with Crippen molar-refractivity contribution in [3.05, 3.63) is 108 Å². The highest BCUT2D eigenvalue weighted by molar-refractivity contribution is 7.58. The van der Waals surface area contributed by atoms with Crippen LogP contribution in [0.3, 0.4) is 0 Å². The van der Waals surface area contributed by atoms with E-state index >= 15 is 0 Å². The van der Waals surface area contributed by atoms with Crippen LogP contribution in [-0.2, 0) is 6.16 Å². The molecule has 0 aromatic heterocycles. The lowest BCUT2D eigenvalue weighted by molar-refractivity contribution is 1.36. The summed E-state index contributed by atoms with van der Waals surface area (Å²) in [7, 11) is -0.282.